The maximum atomic E-state index is 12.3. The van der Waals surface area contributed by atoms with Gasteiger partial charge in [0.15, 0.2) is 0 Å². The van der Waals surface area contributed by atoms with Gasteiger partial charge in [-0.05, 0) is 39.9 Å². The lowest BCUT2D eigenvalue weighted by Crippen LogP contribution is -2.36. The van der Waals surface area contributed by atoms with Gasteiger partial charge in [0.2, 0.25) is 0 Å². The molecule has 0 heterocycles. The fourth-order valence-corrected chi connectivity index (χ4v) is 4.48. The third-order valence-corrected chi connectivity index (χ3v) is 5.99. The highest BCUT2D eigenvalue weighted by Crippen LogP contribution is 2.44. The molecule has 0 fully saturated rings. The van der Waals surface area contributed by atoms with Crippen molar-refractivity contribution in [2.75, 3.05) is 32.8 Å². The predicted octanol–water partition coefficient (Wildman–Crippen LogP) is 4.67. The van der Waals surface area contributed by atoms with Crippen LogP contribution in [0, 0.1) is 0 Å². The Hall–Kier alpha value is -2.86. The van der Waals surface area contributed by atoms with Crippen LogP contribution in [0.2, 0.25) is 5.02 Å². The van der Waals surface area contributed by atoms with Crippen molar-refractivity contribution in [2.45, 2.75) is 12.5 Å². The summed E-state index contributed by atoms with van der Waals surface area (Å²) in [6.07, 6.45) is -0.432. The third-order valence-electron chi connectivity index (χ3n) is 5.75. The van der Waals surface area contributed by atoms with Gasteiger partial charge in [-0.25, -0.2) is 4.79 Å². The molecule has 0 saturated carbocycles. The van der Waals surface area contributed by atoms with E-state index in [2.05, 4.69) is 34.5 Å². The van der Waals surface area contributed by atoms with Gasteiger partial charge in [-0.15, -0.1) is 0 Å². The molecule has 3 aromatic rings. The van der Waals surface area contributed by atoms with Gasteiger partial charge in [-0.3, -0.25) is 4.90 Å². The largest absolute Gasteiger partial charge is 0.449 e. The minimum absolute atomic E-state index is 0.0434. The number of hydrogen-bond acceptors (Lipinski definition) is 4. The van der Waals surface area contributed by atoms with Crippen molar-refractivity contribution >= 4 is 17.7 Å². The zero-order valence-electron chi connectivity index (χ0n) is 17.8. The Bertz CT molecular complexity index is 1030. The molecule has 1 amide bonds. The smallest absolute Gasteiger partial charge is 0.407 e. The number of rotatable bonds is 9. The summed E-state index contributed by atoms with van der Waals surface area (Å²) in [4.78, 5) is 14.4. The van der Waals surface area contributed by atoms with Crippen LogP contribution in [0.5, 0.6) is 0 Å². The van der Waals surface area contributed by atoms with Gasteiger partial charge >= 0.3 is 6.09 Å². The molecule has 0 aromatic heterocycles. The molecule has 32 heavy (non-hydrogen) atoms. The Balaban J connectivity index is 1.29. The number of carbonyl (C=O) groups excluding carboxylic acids is 1. The van der Waals surface area contributed by atoms with Crippen molar-refractivity contribution < 1.29 is 14.6 Å². The Kier molecular flexibility index (Phi) is 7.43. The number of hydrogen-bond donors (Lipinski definition) is 2. The number of aliphatic hydroxyl groups excluding tert-OH is 1. The van der Waals surface area contributed by atoms with Gasteiger partial charge in [0, 0.05) is 37.1 Å². The summed E-state index contributed by atoms with van der Waals surface area (Å²) < 4.78 is 5.58. The van der Waals surface area contributed by atoms with Crippen molar-refractivity contribution in [1.82, 2.24) is 10.2 Å². The molecule has 166 valence electrons. The summed E-state index contributed by atoms with van der Waals surface area (Å²) in [7, 11) is 0. The van der Waals surface area contributed by atoms with Gasteiger partial charge in [0.1, 0.15) is 6.61 Å². The Labute approximate surface area is 193 Å². The minimum Gasteiger partial charge on any atom is -0.449 e. The fraction of sp³-hybridized carbons (Fsp3) is 0.269. The maximum absolute atomic E-state index is 12.3. The molecule has 3 aromatic carbocycles. The predicted molar refractivity (Wildman–Crippen MR) is 127 cm³/mol. The van der Waals surface area contributed by atoms with E-state index >= 15 is 0 Å². The molecule has 1 aliphatic rings. The average molecular weight is 451 g/mol. The lowest BCUT2D eigenvalue weighted by Gasteiger charge is -2.22. The molecule has 0 radical (unpaired) electrons. The van der Waals surface area contributed by atoms with E-state index in [9.17, 15) is 9.90 Å². The van der Waals surface area contributed by atoms with Crippen LogP contribution in [-0.4, -0.2) is 48.9 Å². The van der Waals surface area contributed by atoms with E-state index in [4.69, 9.17) is 16.3 Å². The fourth-order valence-electron chi connectivity index (χ4n) is 4.27. The third kappa shape index (κ3) is 5.30. The first-order valence-corrected chi connectivity index (χ1v) is 11.2. The van der Waals surface area contributed by atoms with Gasteiger partial charge in [0.25, 0.3) is 0 Å². The number of alkyl carbamates (subject to hydrolysis) is 1. The van der Waals surface area contributed by atoms with Gasteiger partial charge in [-0.1, -0.05) is 72.3 Å². The molecule has 6 heteroatoms. The highest BCUT2D eigenvalue weighted by molar-refractivity contribution is 6.30. The quantitative estimate of drug-likeness (QED) is 0.497. The van der Waals surface area contributed by atoms with E-state index in [1.807, 2.05) is 48.5 Å². The molecule has 2 N–H and O–H groups in total. The molecule has 4 rings (SSSR count). The number of aliphatic hydroxyl groups is 1. The van der Waals surface area contributed by atoms with Crippen molar-refractivity contribution in [2.24, 2.45) is 0 Å². The van der Waals surface area contributed by atoms with E-state index in [1.165, 1.54) is 22.3 Å². The first kappa shape index (κ1) is 22.3. The van der Waals surface area contributed by atoms with Crippen LogP contribution in [0.4, 0.5) is 4.79 Å². The minimum atomic E-state index is -0.432. The van der Waals surface area contributed by atoms with E-state index in [0.29, 0.717) is 37.8 Å². The topological polar surface area (TPSA) is 61.8 Å². The number of halogens is 1. The summed E-state index contributed by atoms with van der Waals surface area (Å²) in [5, 5.41) is 12.9. The summed E-state index contributed by atoms with van der Waals surface area (Å²) in [6, 6.07) is 24.2. The van der Waals surface area contributed by atoms with Crippen LogP contribution in [0.15, 0.2) is 72.8 Å². The van der Waals surface area contributed by atoms with Crippen LogP contribution in [0.1, 0.15) is 22.6 Å². The van der Waals surface area contributed by atoms with Gasteiger partial charge in [-0.2, -0.15) is 0 Å². The lowest BCUT2D eigenvalue weighted by atomic mass is 9.98. The molecule has 0 unspecified atom stereocenters. The molecule has 0 saturated heterocycles. The monoisotopic (exact) mass is 450 g/mol. The number of nitrogens with one attached hydrogen (secondary N) is 1. The van der Waals surface area contributed by atoms with Crippen LogP contribution >= 0.6 is 11.6 Å². The number of carbonyl (C=O) groups is 1. The van der Waals surface area contributed by atoms with E-state index < -0.39 is 6.09 Å². The zero-order chi connectivity index (χ0) is 22.3. The molecule has 0 atom stereocenters. The van der Waals surface area contributed by atoms with Crippen molar-refractivity contribution in [3.8, 4) is 11.1 Å². The van der Waals surface area contributed by atoms with Crippen molar-refractivity contribution in [3.05, 3.63) is 94.5 Å². The van der Waals surface area contributed by atoms with Gasteiger partial charge < -0.3 is 15.2 Å². The van der Waals surface area contributed by atoms with E-state index in [-0.39, 0.29) is 12.5 Å². The van der Waals surface area contributed by atoms with Crippen LogP contribution in [0.3, 0.4) is 0 Å². The molecular weight excluding hydrogens is 424 g/mol. The second-order valence-electron chi connectivity index (χ2n) is 7.88. The number of nitrogens with zero attached hydrogens (tertiary/aromatic N) is 1. The number of fused-ring (bicyclic) bond motifs is 3. The Morgan fingerprint density at radius 1 is 0.969 bits per heavy atom. The van der Waals surface area contributed by atoms with Gasteiger partial charge in [0.05, 0.1) is 6.61 Å². The molecular formula is C26H27ClN2O3. The van der Waals surface area contributed by atoms with Crippen LogP contribution < -0.4 is 5.32 Å². The molecule has 1 aliphatic carbocycles. The number of ether oxygens (including phenoxy) is 1. The summed E-state index contributed by atoms with van der Waals surface area (Å²) in [5.74, 6) is 0.0434. The first-order valence-electron chi connectivity index (χ1n) is 10.8. The normalized spacial score (nSPS) is 12.5. The summed E-state index contributed by atoms with van der Waals surface area (Å²) in [6.45, 7) is 2.52. The Morgan fingerprint density at radius 3 is 2.31 bits per heavy atom. The Morgan fingerprint density at radius 2 is 1.66 bits per heavy atom. The average Bonchev–Trinajstić information content (AvgIpc) is 3.12. The zero-order valence-corrected chi connectivity index (χ0v) is 18.6. The lowest BCUT2D eigenvalue weighted by molar-refractivity contribution is 0.139. The maximum Gasteiger partial charge on any atom is 0.407 e. The van der Waals surface area contributed by atoms with Crippen LogP contribution in [0.25, 0.3) is 11.1 Å². The van der Waals surface area contributed by atoms with E-state index in [0.717, 1.165) is 5.56 Å². The molecule has 0 spiro atoms. The highest BCUT2D eigenvalue weighted by Gasteiger charge is 2.28. The SMILES string of the molecule is O=C(NCCN(CCO)Cc1cccc(Cl)c1)OCC1c2ccccc2-c2ccccc21. The van der Waals surface area contributed by atoms with Crippen LogP contribution in [-0.2, 0) is 11.3 Å². The van der Waals surface area contributed by atoms with Crippen molar-refractivity contribution in [3.63, 3.8) is 0 Å². The summed E-state index contributed by atoms with van der Waals surface area (Å²) in [5.41, 5.74) is 5.86. The van der Waals surface area contributed by atoms with E-state index in [1.54, 1.807) is 0 Å². The second-order valence-corrected chi connectivity index (χ2v) is 8.32. The summed E-state index contributed by atoms with van der Waals surface area (Å²) >= 11 is 6.06. The highest BCUT2D eigenvalue weighted by atomic mass is 35.5. The molecule has 0 aliphatic heterocycles. The standard InChI is InChI=1S/C26H27ClN2O3/c27-20-7-5-6-19(16-20)17-29(14-15-30)13-12-28-26(31)32-18-25-23-10-3-1-8-21(23)22-9-2-4-11-24(22)25/h1-11,16,25,30H,12-15,17-18H2,(H,28,31). The molecule has 5 nitrogen and oxygen atoms in total. The second kappa shape index (κ2) is 10.6. The van der Waals surface area contributed by atoms with Crippen molar-refractivity contribution in [1.29, 1.82) is 0 Å². The number of benzene rings is 3. The first-order chi connectivity index (χ1) is 15.7. The number of amides is 1. The molecule has 0 bridgehead atoms.